The van der Waals surface area contributed by atoms with Gasteiger partial charge in [0.1, 0.15) is 0 Å². The summed E-state index contributed by atoms with van der Waals surface area (Å²) in [5, 5.41) is 6.69. The van der Waals surface area contributed by atoms with Crippen LogP contribution < -0.4 is 20.1 Å². The van der Waals surface area contributed by atoms with Crippen molar-refractivity contribution >= 4 is 45.9 Å². The highest BCUT2D eigenvalue weighted by Crippen LogP contribution is 2.33. The van der Waals surface area contributed by atoms with Gasteiger partial charge in [-0.1, -0.05) is 29.8 Å². The van der Waals surface area contributed by atoms with Gasteiger partial charge in [-0.15, -0.1) is 24.0 Å². The number of hydrogen-bond donors (Lipinski definition) is 2. The van der Waals surface area contributed by atoms with Crippen molar-refractivity contribution in [2.45, 2.75) is 33.4 Å². The monoisotopic (exact) mass is 499 g/mol. The summed E-state index contributed by atoms with van der Waals surface area (Å²) in [6.45, 7) is 7.13. The molecule has 0 aliphatic rings. The summed E-state index contributed by atoms with van der Waals surface area (Å²) < 4.78 is 11.6. The quantitative estimate of drug-likeness (QED) is 0.355. The van der Waals surface area contributed by atoms with Crippen LogP contribution >= 0.6 is 39.9 Å². The lowest BCUT2D eigenvalue weighted by Gasteiger charge is -2.21. The Morgan fingerprint density at radius 2 is 1.74 bits per heavy atom. The highest BCUT2D eigenvalue weighted by atomic mass is 127. The van der Waals surface area contributed by atoms with Crippen LogP contribution in [0.3, 0.4) is 0 Å². The first kappa shape index (κ1) is 22.3. The summed E-state index contributed by atoms with van der Waals surface area (Å²) in [5.41, 5.74) is 1.07. The van der Waals surface area contributed by atoms with E-state index in [0.717, 1.165) is 16.0 Å². The van der Waals surface area contributed by atoms with Gasteiger partial charge < -0.3 is 20.1 Å². The second-order valence-electron chi connectivity index (χ2n) is 5.40. The average molecular weight is 500 g/mol. The van der Waals surface area contributed by atoms with E-state index in [1.54, 1.807) is 21.3 Å². The third-order valence-corrected chi connectivity index (χ3v) is 4.33. The topological polar surface area (TPSA) is 54.9 Å². The lowest BCUT2D eigenvalue weighted by Crippen LogP contribution is -2.43. The first-order chi connectivity index (χ1) is 10.4. The van der Waals surface area contributed by atoms with Crippen LogP contribution in [-0.4, -0.2) is 33.3 Å². The number of hydrogen-bond acceptors (Lipinski definition) is 3. The molecule has 0 saturated carbocycles. The summed E-state index contributed by atoms with van der Waals surface area (Å²) in [4.78, 5) is 4.25. The Bertz CT molecular complexity index is 524. The number of rotatable bonds is 6. The number of guanidine groups is 1. The molecule has 0 heterocycles. The van der Waals surface area contributed by atoms with E-state index < -0.39 is 0 Å². The van der Waals surface area contributed by atoms with Crippen molar-refractivity contribution in [3.8, 4) is 11.5 Å². The molecule has 1 unspecified atom stereocenters. The Hall–Kier alpha value is -0.700. The average Bonchev–Trinajstić information content (AvgIpc) is 2.51. The summed E-state index contributed by atoms with van der Waals surface area (Å²) >= 11 is 3.56. The number of halogens is 2. The SMILES string of the molecule is CN=C(NCc1cc(OC)c(OC)cc1Br)NC(C)C(C)C.I. The summed E-state index contributed by atoms with van der Waals surface area (Å²) in [6.07, 6.45) is 0. The maximum Gasteiger partial charge on any atom is 0.191 e. The van der Waals surface area contributed by atoms with Crippen LogP contribution in [0, 0.1) is 5.92 Å². The van der Waals surface area contributed by atoms with Gasteiger partial charge in [0.2, 0.25) is 0 Å². The van der Waals surface area contributed by atoms with Gasteiger partial charge in [-0.25, -0.2) is 0 Å². The molecule has 0 fully saturated rings. The zero-order chi connectivity index (χ0) is 16.7. The fraction of sp³-hybridized carbons (Fsp3) is 0.562. The molecule has 2 N–H and O–H groups in total. The van der Waals surface area contributed by atoms with E-state index in [-0.39, 0.29) is 24.0 Å². The van der Waals surface area contributed by atoms with E-state index in [0.29, 0.717) is 30.0 Å². The van der Waals surface area contributed by atoms with Crippen molar-refractivity contribution in [1.82, 2.24) is 10.6 Å². The number of methoxy groups -OCH3 is 2. The molecule has 0 aliphatic carbocycles. The normalized spacial score (nSPS) is 12.4. The van der Waals surface area contributed by atoms with E-state index in [2.05, 4.69) is 52.3 Å². The molecule has 1 atom stereocenters. The number of benzene rings is 1. The minimum absolute atomic E-state index is 0. The Morgan fingerprint density at radius 3 is 2.22 bits per heavy atom. The van der Waals surface area contributed by atoms with Crippen molar-refractivity contribution in [3.05, 3.63) is 22.2 Å². The zero-order valence-electron chi connectivity index (χ0n) is 14.6. The van der Waals surface area contributed by atoms with Gasteiger partial charge in [0.05, 0.1) is 14.2 Å². The minimum Gasteiger partial charge on any atom is -0.493 e. The third kappa shape index (κ3) is 6.74. The van der Waals surface area contributed by atoms with Gasteiger partial charge in [-0.2, -0.15) is 0 Å². The molecular formula is C16H27BrIN3O2. The van der Waals surface area contributed by atoms with Gasteiger partial charge in [-0.3, -0.25) is 4.99 Å². The maximum absolute atomic E-state index is 5.34. The molecule has 132 valence electrons. The van der Waals surface area contributed by atoms with Crippen LogP contribution in [0.25, 0.3) is 0 Å². The van der Waals surface area contributed by atoms with Crippen molar-refractivity contribution in [1.29, 1.82) is 0 Å². The smallest absolute Gasteiger partial charge is 0.191 e. The molecule has 0 aliphatic heterocycles. The minimum atomic E-state index is 0. The van der Waals surface area contributed by atoms with Crippen LogP contribution in [0.5, 0.6) is 11.5 Å². The number of ether oxygens (including phenoxy) is 2. The largest absolute Gasteiger partial charge is 0.493 e. The van der Waals surface area contributed by atoms with Gasteiger partial charge in [0.25, 0.3) is 0 Å². The van der Waals surface area contributed by atoms with Gasteiger partial charge >= 0.3 is 0 Å². The Balaban J connectivity index is 0.00000484. The van der Waals surface area contributed by atoms with E-state index in [1.165, 1.54) is 0 Å². The van der Waals surface area contributed by atoms with Crippen molar-refractivity contribution in [2.75, 3.05) is 21.3 Å². The molecule has 0 saturated heterocycles. The van der Waals surface area contributed by atoms with Gasteiger partial charge in [-0.05, 0) is 30.5 Å². The molecule has 5 nitrogen and oxygen atoms in total. The zero-order valence-corrected chi connectivity index (χ0v) is 18.5. The Labute approximate surface area is 164 Å². The van der Waals surface area contributed by atoms with Crippen molar-refractivity contribution in [3.63, 3.8) is 0 Å². The number of nitrogens with zero attached hydrogens (tertiary/aromatic N) is 1. The van der Waals surface area contributed by atoms with E-state index in [1.807, 2.05) is 12.1 Å². The fourth-order valence-corrected chi connectivity index (χ4v) is 2.25. The molecule has 0 aromatic heterocycles. The second kappa shape index (κ2) is 11.0. The van der Waals surface area contributed by atoms with Gasteiger partial charge in [0.15, 0.2) is 17.5 Å². The van der Waals surface area contributed by atoms with Crippen LogP contribution in [-0.2, 0) is 6.54 Å². The lowest BCUT2D eigenvalue weighted by molar-refractivity contribution is 0.354. The van der Waals surface area contributed by atoms with Crippen LogP contribution in [0.1, 0.15) is 26.3 Å². The fourth-order valence-electron chi connectivity index (χ4n) is 1.79. The summed E-state index contributed by atoms with van der Waals surface area (Å²) in [5.74, 6) is 2.73. The Morgan fingerprint density at radius 1 is 1.17 bits per heavy atom. The molecule has 23 heavy (non-hydrogen) atoms. The van der Waals surface area contributed by atoms with E-state index in [9.17, 15) is 0 Å². The molecule has 7 heteroatoms. The van der Waals surface area contributed by atoms with Crippen LogP contribution in [0.15, 0.2) is 21.6 Å². The highest BCUT2D eigenvalue weighted by Gasteiger charge is 2.12. The number of aliphatic imine (C=N–C) groups is 1. The van der Waals surface area contributed by atoms with Crippen LogP contribution in [0.2, 0.25) is 0 Å². The third-order valence-electron chi connectivity index (χ3n) is 3.59. The summed E-state index contributed by atoms with van der Waals surface area (Å²) in [7, 11) is 5.03. The molecule has 0 radical (unpaired) electrons. The second-order valence-corrected chi connectivity index (χ2v) is 6.26. The van der Waals surface area contributed by atoms with Crippen LogP contribution in [0.4, 0.5) is 0 Å². The highest BCUT2D eigenvalue weighted by molar-refractivity contribution is 14.0. The van der Waals surface area contributed by atoms with Gasteiger partial charge in [0, 0.05) is 24.1 Å². The molecular weight excluding hydrogens is 473 g/mol. The predicted molar refractivity (Wildman–Crippen MR) is 110 cm³/mol. The lowest BCUT2D eigenvalue weighted by atomic mass is 10.1. The first-order valence-electron chi connectivity index (χ1n) is 7.30. The molecule has 0 amide bonds. The van der Waals surface area contributed by atoms with E-state index in [4.69, 9.17) is 9.47 Å². The van der Waals surface area contributed by atoms with E-state index >= 15 is 0 Å². The molecule has 1 rings (SSSR count). The molecule has 0 bridgehead atoms. The standard InChI is InChI=1S/C16H26BrN3O2.HI/c1-10(2)11(3)20-16(18-4)19-9-12-7-14(21-5)15(22-6)8-13(12)17;/h7-8,10-11H,9H2,1-6H3,(H2,18,19,20);1H. The summed E-state index contributed by atoms with van der Waals surface area (Å²) in [6, 6.07) is 4.21. The van der Waals surface area contributed by atoms with Crippen molar-refractivity contribution in [2.24, 2.45) is 10.9 Å². The first-order valence-corrected chi connectivity index (χ1v) is 8.09. The number of nitrogens with one attached hydrogen (secondary N) is 2. The molecule has 1 aromatic rings. The maximum atomic E-state index is 5.34. The Kier molecular flexibility index (Phi) is 10.6. The molecule has 1 aromatic carbocycles. The van der Waals surface area contributed by atoms with Crippen molar-refractivity contribution < 1.29 is 9.47 Å². The molecule has 0 spiro atoms. The predicted octanol–water partition coefficient (Wildman–Crippen LogP) is 3.79.